The Hall–Kier alpha value is -3.01. The molecule has 2 saturated heterocycles. The van der Waals surface area contributed by atoms with Gasteiger partial charge in [-0.2, -0.15) is 0 Å². The van der Waals surface area contributed by atoms with Gasteiger partial charge in [0.15, 0.2) is 0 Å². The third-order valence-corrected chi connectivity index (χ3v) is 8.07. The Bertz CT molecular complexity index is 1200. The van der Waals surface area contributed by atoms with Gasteiger partial charge in [0.25, 0.3) is 11.8 Å². The van der Waals surface area contributed by atoms with Crippen molar-refractivity contribution in [3.8, 4) is 16.9 Å². The highest BCUT2D eigenvalue weighted by Gasteiger charge is 2.31. The lowest BCUT2D eigenvalue weighted by molar-refractivity contribution is -0.00204. The molecule has 0 aromatic heterocycles. The predicted molar refractivity (Wildman–Crippen MR) is 157 cm³/mol. The smallest absolute Gasteiger partial charge is 0.254 e. The van der Waals surface area contributed by atoms with Crippen molar-refractivity contribution in [2.75, 3.05) is 46.5 Å². The first-order chi connectivity index (χ1) is 19.6. The van der Waals surface area contributed by atoms with E-state index in [1.807, 2.05) is 18.7 Å². The fourth-order valence-electron chi connectivity index (χ4n) is 5.66. The number of hydrogen-bond acceptors (Lipinski definition) is 6. The first-order valence-electron chi connectivity index (χ1n) is 14.7. The van der Waals surface area contributed by atoms with Crippen molar-refractivity contribution in [3.63, 3.8) is 0 Å². The summed E-state index contributed by atoms with van der Waals surface area (Å²) >= 11 is 0. The zero-order valence-corrected chi connectivity index (χ0v) is 24.7. The summed E-state index contributed by atoms with van der Waals surface area (Å²) < 4.78 is 26.6. The van der Waals surface area contributed by atoms with Gasteiger partial charge in [-0.1, -0.05) is 0 Å². The van der Waals surface area contributed by atoms with Crippen LogP contribution in [0.25, 0.3) is 11.1 Å². The summed E-state index contributed by atoms with van der Waals surface area (Å²) in [6.07, 6.45) is 3.56. The number of carbonyl (C=O) groups excluding carboxylic acids is 2. The summed E-state index contributed by atoms with van der Waals surface area (Å²) in [7, 11) is 1.62. The van der Waals surface area contributed by atoms with E-state index in [2.05, 4.69) is 5.32 Å². The fraction of sp³-hybridized carbons (Fsp3) is 0.562. The Kier molecular flexibility index (Phi) is 10.4. The van der Waals surface area contributed by atoms with Crippen LogP contribution in [0.2, 0.25) is 0 Å². The fourth-order valence-corrected chi connectivity index (χ4v) is 5.66. The molecule has 9 heteroatoms. The van der Waals surface area contributed by atoms with E-state index < -0.39 is 11.4 Å². The number of hydrogen-bond donors (Lipinski definition) is 2. The van der Waals surface area contributed by atoms with Gasteiger partial charge in [-0.05, 0) is 89.4 Å². The van der Waals surface area contributed by atoms with Crippen molar-refractivity contribution in [2.24, 2.45) is 0 Å². The molecule has 2 fully saturated rings. The van der Waals surface area contributed by atoms with Gasteiger partial charge in [0.05, 0.1) is 12.2 Å². The molecule has 2 amide bonds. The van der Waals surface area contributed by atoms with Gasteiger partial charge >= 0.3 is 0 Å². The molecule has 1 atom stereocenters. The molecular weight excluding hydrogens is 525 g/mol. The Morgan fingerprint density at radius 2 is 1.85 bits per heavy atom. The molecule has 224 valence electrons. The van der Waals surface area contributed by atoms with E-state index in [1.54, 1.807) is 43.2 Å². The number of likely N-dealkylation sites (tertiary alicyclic amines) is 1. The van der Waals surface area contributed by atoms with E-state index in [9.17, 15) is 14.7 Å². The second-order valence-electron chi connectivity index (χ2n) is 11.7. The zero-order valence-electron chi connectivity index (χ0n) is 24.7. The summed E-state index contributed by atoms with van der Waals surface area (Å²) in [6.45, 7) is 9.23. The van der Waals surface area contributed by atoms with Crippen LogP contribution in [0, 0.1) is 5.82 Å². The second kappa shape index (κ2) is 13.8. The largest absolute Gasteiger partial charge is 0.493 e. The van der Waals surface area contributed by atoms with Gasteiger partial charge in [-0.3, -0.25) is 9.59 Å². The number of nitrogens with one attached hydrogen (secondary N) is 1. The van der Waals surface area contributed by atoms with Crippen LogP contribution in [-0.2, 0) is 4.74 Å². The van der Waals surface area contributed by atoms with Crippen LogP contribution in [0.3, 0.4) is 0 Å². The van der Waals surface area contributed by atoms with Gasteiger partial charge in [0, 0.05) is 74.1 Å². The van der Waals surface area contributed by atoms with Crippen LogP contribution in [0.15, 0.2) is 36.4 Å². The number of carbonyl (C=O) groups is 2. The Balaban J connectivity index is 1.66. The number of aliphatic hydroxyl groups is 1. The van der Waals surface area contributed by atoms with Crippen molar-refractivity contribution in [3.05, 3.63) is 53.3 Å². The summed E-state index contributed by atoms with van der Waals surface area (Å²) in [5.74, 6) is -0.395. The summed E-state index contributed by atoms with van der Waals surface area (Å²) in [5, 5.41) is 13.7. The molecule has 0 spiro atoms. The van der Waals surface area contributed by atoms with Gasteiger partial charge in [-0.25, -0.2) is 4.39 Å². The van der Waals surface area contributed by atoms with Crippen molar-refractivity contribution in [1.29, 1.82) is 0 Å². The minimum absolute atomic E-state index is 0.0109. The molecule has 2 aromatic carbocycles. The first-order valence-corrected chi connectivity index (χ1v) is 14.7. The molecule has 2 N–H and O–H groups in total. The number of methoxy groups -OCH3 is 1. The topological polar surface area (TPSA) is 91.3 Å². The Morgan fingerprint density at radius 1 is 1.12 bits per heavy atom. The number of benzene rings is 2. The highest BCUT2D eigenvalue weighted by atomic mass is 19.1. The minimum atomic E-state index is -0.780. The van der Waals surface area contributed by atoms with E-state index in [-0.39, 0.29) is 29.5 Å². The number of piperidine rings is 2. The molecule has 2 heterocycles. The molecule has 2 aromatic rings. The Morgan fingerprint density at radius 3 is 2.51 bits per heavy atom. The van der Waals surface area contributed by atoms with Gasteiger partial charge in [-0.15, -0.1) is 0 Å². The number of nitrogens with zero attached hydrogens (tertiary/aromatic N) is 2. The van der Waals surface area contributed by atoms with Crippen LogP contribution in [0.1, 0.15) is 73.6 Å². The van der Waals surface area contributed by atoms with Crippen molar-refractivity contribution in [1.82, 2.24) is 15.1 Å². The standard InChI is InChI=1S/C32H44FN3O5/c1-22(2)36(25-7-5-14-34-21-25)31(38)24-8-10-26(29(20-24)41-18-6-17-40-4)27-19-23(9-11-28(27)33)30(37)35-15-12-32(3,39)13-16-35/h8-11,19-20,22,25,34,39H,5-7,12-18,21H2,1-4H3/t25-/m1/s1. The summed E-state index contributed by atoms with van der Waals surface area (Å²) in [6, 6.07) is 9.57. The molecule has 4 rings (SSSR count). The van der Waals surface area contributed by atoms with E-state index >= 15 is 4.39 Å². The molecule has 0 aliphatic carbocycles. The number of ether oxygens (including phenoxy) is 2. The monoisotopic (exact) mass is 569 g/mol. The maximum atomic E-state index is 15.3. The lowest BCUT2D eigenvalue weighted by Crippen LogP contribution is -2.51. The zero-order chi connectivity index (χ0) is 29.6. The Labute approximate surface area is 242 Å². The predicted octanol–water partition coefficient (Wildman–Crippen LogP) is 4.50. The maximum absolute atomic E-state index is 15.3. The molecule has 0 saturated carbocycles. The molecule has 41 heavy (non-hydrogen) atoms. The SMILES string of the molecule is COCCCOc1cc(C(=O)N(C(C)C)[C@@H]2CCCNC2)ccc1-c1cc(C(=O)N2CCC(C)(O)CC2)ccc1F. The summed E-state index contributed by atoms with van der Waals surface area (Å²) in [4.78, 5) is 30.7. The average Bonchev–Trinajstić information content (AvgIpc) is 2.96. The third-order valence-electron chi connectivity index (χ3n) is 8.07. The summed E-state index contributed by atoms with van der Waals surface area (Å²) in [5.41, 5.74) is 0.769. The second-order valence-corrected chi connectivity index (χ2v) is 11.7. The highest BCUT2D eigenvalue weighted by molar-refractivity contribution is 5.97. The molecule has 0 unspecified atom stereocenters. The molecule has 8 nitrogen and oxygen atoms in total. The number of amides is 2. The van der Waals surface area contributed by atoms with Crippen LogP contribution in [0.5, 0.6) is 5.75 Å². The first kappa shape index (κ1) is 30.9. The molecule has 0 radical (unpaired) electrons. The van der Waals surface area contributed by atoms with Crippen molar-refractivity contribution in [2.45, 2.75) is 70.6 Å². The van der Waals surface area contributed by atoms with Crippen LogP contribution in [0.4, 0.5) is 4.39 Å². The van der Waals surface area contributed by atoms with E-state index in [1.165, 1.54) is 12.1 Å². The van der Waals surface area contributed by atoms with Crippen LogP contribution >= 0.6 is 0 Å². The molecule has 2 aliphatic heterocycles. The number of rotatable bonds is 10. The normalized spacial score (nSPS) is 18.8. The lowest BCUT2D eigenvalue weighted by Gasteiger charge is -2.37. The maximum Gasteiger partial charge on any atom is 0.254 e. The molecule has 2 aliphatic rings. The average molecular weight is 570 g/mol. The van der Waals surface area contributed by atoms with Crippen molar-refractivity contribution >= 4 is 11.8 Å². The van der Waals surface area contributed by atoms with Gasteiger partial charge < -0.3 is 29.7 Å². The van der Waals surface area contributed by atoms with E-state index in [0.717, 1.165) is 25.9 Å². The van der Waals surface area contributed by atoms with Gasteiger partial charge in [0.1, 0.15) is 11.6 Å². The van der Waals surface area contributed by atoms with E-state index in [0.29, 0.717) is 68.0 Å². The lowest BCUT2D eigenvalue weighted by atomic mass is 9.93. The highest BCUT2D eigenvalue weighted by Crippen LogP contribution is 2.35. The quantitative estimate of drug-likeness (QED) is 0.410. The van der Waals surface area contributed by atoms with Gasteiger partial charge in [0.2, 0.25) is 0 Å². The molecule has 0 bridgehead atoms. The van der Waals surface area contributed by atoms with Crippen LogP contribution < -0.4 is 10.1 Å². The number of halogens is 1. The molecular formula is C32H44FN3O5. The third kappa shape index (κ3) is 7.64. The van der Waals surface area contributed by atoms with Crippen molar-refractivity contribution < 1.29 is 28.6 Å². The van der Waals surface area contributed by atoms with Crippen LogP contribution in [-0.4, -0.2) is 90.9 Å². The van der Waals surface area contributed by atoms with E-state index in [4.69, 9.17) is 9.47 Å². The minimum Gasteiger partial charge on any atom is -0.493 e.